The monoisotopic (exact) mass is 770 g/mol. The van der Waals surface area contributed by atoms with Crippen molar-refractivity contribution < 1.29 is 94.1 Å². The molecule has 0 bridgehead atoms. The van der Waals surface area contributed by atoms with Gasteiger partial charge in [-0.1, -0.05) is 23.3 Å². The number of aliphatic hydroxyl groups is 11. The molecule has 0 spiro atoms. The van der Waals surface area contributed by atoms with Crippen molar-refractivity contribution in [1.29, 1.82) is 0 Å². The van der Waals surface area contributed by atoms with E-state index < -0.39 is 129 Å². The highest BCUT2D eigenvalue weighted by Gasteiger charge is 2.51. The molecule has 308 valence electrons. The molecule has 4 aliphatic heterocycles. The number of hydrogen-bond donors (Lipinski definition) is 11. The Hall–Kier alpha value is -1.28. The van der Waals surface area contributed by atoms with Gasteiger partial charge in [-0.05, 0) is 47.5 Å². The van der Waals surface area contributed by atoms with Crippen LogP contribution in [0.15, 0.2) is 23.3 Å². The minimum absolute atomic E-state index is 0.0339. The maximum Gasteiger partial charge on any atom is 0.187 e. The van der Waals surface area contributed by atoms with Crippen LogP contribution in [0, 0.1) is 0 Å². The molecule has 4 fully saturated rings. The largest absolute Gasteiger partial charge is 0.394 e. The number of aliphatic hydroxyl groups excluding tert-OH is 11. The molecule has 20 unspecified atom stereocenters. The van der Waals surface area contributed by atoms with E-state index in [1.54, 1.807) is 13.0 Å². The second-order valence-corrected chi connectivity index (χ2v) is 14.2. The average Bonchev–Trinajstić information content (AvgIpc) is 3.12. The molecule has 0 saturated carbocycles. The van der Waals surface area contributed by atoms with Crippen molar-refractivity contribution in [2.75, 3.05) is 19.8 Å². The van der Waals surface area contributed by atoms with Crippen LogP contribution in [0.3, 0.4) is 0 Å². The van der Waals surface area contributed by atoms with E-state index in [4.69, 9.17) is 37.9 Å². The molecule has 11 N–H and O–H groups in total. The molecule has 19 nitrogen and oxygen atoms in total. The van der Waals surface area contributed by atoms with Crippen LogP contribution in [-0.4, -0.2) is 199 Å². The maximum atomic E-state index is 10.9. The fraction of sp³-hybridized carbons (Fsp3) is 0.882. The summed E-state index contributed by atoms with van der Waals surface area (Å²) in [5.41, 5.74) is 1.73. The SMILES string of the molecule is CC(=CCOC1OC(C)C(O)C(OC2OC(C)C(O)C(O)C2O)C1O)CCC=C(C)COC1OC(C)C(O)C(O)C1OC1OC(CO)C(O)C(O)C1O. The summed E-state index contributed by atoms with van der Waals surface area (Å²) in [6, 6.07) is 0. The average molecular weight is 771 g/mol. The van der Waals surface area contributed by atoms with Gasteiger partial charge in [0.2, 0.25) is 0 Å². The van der Waals surface area contributed by atoms with Crippen LogP contribution in [0.25, 0.3) is 0 Å². The summed E-state index contributed by atoms with van der Waals surface area (Å²) in [5, 5.41) is 113. The lowest BCUT2D eigenvalue weighted by molar-refractivity contribution is -0.363. The van der Waals surface area contributed by atoms with Crippen molar-refractivity contribution in [2.24, 2.45) is 0 Å². The van der Waals surface area contributed by atoms with Gasteiger partial charge in [0, 0.05) is 0 Å². The fourth-order valence-electron chi connectivity index (χ4n) is 6.40. The summed E-state index contributed by atoms with van der Waals surface area (Å²) in [4.78, 5) is 0. The predicted molar refractivity (Wildman–Crippen MR) is 177 cm³/mol. The summed E-state index contributed by atoms with van der Waals surface area (Å²) in [6.45, 7) is 7.66. The van der Waals surface area contributed by atoms with Gasteiger partial charge in [0.05, 0.1) is 38.1 Å². The van der Waals surface area contributed by atoms with Crippen LogP contribution in [0.4, 0.5) is 0 Å². The van der Waals surface area contributed by atoms with E-state index in [-0.39, 0.29) is 13.2 Å². The van der Waals surface area contributed by atoms with Crippen molar-refractivity contribution in [3.8, 4) is 0 Å². The second-order valence-electron chi connectivity index (χ2n) is 14.2. The quantitative estimate of drug-likeness (QED) is 0.0751. The Labute approximate surface area is 307 Å². The zero-order chi connectivity index (χ0) is 39.3. The van der Waals surface area contributed by atoms with Gasteiger partial charge < -0.3 is 94.1 Å². The standard InChI is InChI=1S/C34H58O19/c1-13(9-10-46-31-28(45)29(21(38)17(5)48-31)52-32-26(43)23(40)19(36)15(3)49-32)7-6-8-14(2)12-47-34-30(25(42)20(37)16(4)50-34)53-33-27(44)24(41)22(39)18(11-35)51-33/h8-9,15-45H,6-7,10-12H2,1-5H3. The summed E-state index contributed by atoms with van der Waals surface area (Å²) >= 11 is 0. The molecule has 0 aromatic rings. The molecular weight excluding hydrogens is 712 g/mol. The van der Waals surface area contributed by atoms with Crippen molar-refractivity contribution in [3.05, 3.63) is 23.3 Å². The minimum atomic E-state index is -1.74. The summed E-state index contributed by atoms with van der Waals surface area (Å²) in [7, 11) is 0. The van der Waals surface area contributed by atoms with E-state index in [1.165, 1.54) is 13.8 Å². The molecule has 0 radical (unpaired) electrons. The van der Waals surface area contributed by atoms with E-state index >= 15 is 0 Å². The van der Waals surface area contributed by atoms with E-state index in [9.17, 15) is 56.2 Å². The number of rotatable bonds is 14. The minimum Gasteiger partial charge on any atom is -0.394 e. The highest BCUT2D eigenvalue weighted by molar-refractivity contribution is 5.05. The van der Waals surface area contributed by atoms with E-state index in [0.717, 1.165) is 11.1 Å². The topological polar surface area (TPSA) is 296 Å². The van der Waals surface area contributed by atoms with Gasteiger partial charge in [-0.15, -0.1) is 0 Å². The van der Waals surface area contributed by atoms with Crippen LogP contribution >= 0.6 is 0 Å². The first-order valence-corrected chi connectivity index (χ1v) is 17.8. The molecule has 0 aromatic heterocycles. The third kappa shape index (κ3) is 10.8. The Kier molecular flexibility index (Phi) is 16.5. The van der Waals surface area contributed by atoms with Crippen LogP contribution in [-0.2, 0) is 37.9 Å². The third-order valence-corrected chi connectivity index (χ3v) is 10.0. The lowest BCUT2D eigenvalue weighted by Gasteiger charge is -2.45. The Morgan fingerprint density at radius 1 is 0.509 bits per heavy atom. The molecule has 0 aliphatic carbocycles. The summed E-state index contributed by atoms with van der Waals surface area (Å²) < 4.78 is 45.2. The maximum absolute atomic E-state index is 10.9. The van der Waals surface area contributed by atoms with Gasteiger partial charge in [-0.3, -0.25) is 0 Å². The van der Waals surface area contributed by atoms with Crippen LogP contribution < -0.4 is 0 Å². The molecule has 4 aliphatic rings. The Morgan fingerprint density at radius 2 is 1.04 bits per heavy atom. The van der Waals surface area contributed by atoms with Gasteiger partial charge >= 0.3 is 0 Å². The van der Waals surface area contributed by atoms with E-state index in [2.05, 4.69) is 0 Å². The molecule has 4 saturated heterocycles. The van der Waals surface area contributed by atoms with Crippen molar-refractivity contribution in [3.63, 3.8) is 0 Å². The Balaban J connectivity index is 1.26. The lowest BCUT2D eigenvalue weighted by Crippen LogP contribution is -2.64. The molecular formula is C34H58O19. The Bertz CT molecular complexity index is 1190. The first-order valence-electron chi connectivity index (χ1n) is 17.8. The molecule has 4 rings (SSSR count). The van der Waals surface area contributed by atoms with Gasteiger partial charge in [0.15, 0.2) is 25.2 Å². The summed E-state index contributed by atoms with van der Waals surface area (Å²) in [6.07, 6.45) is -22.3. The van der Waals surface area contributed by atoms with E-state index in [1.807, 2.05) is 19.9 Å². The summed E-state index contributed by atoms with van der Waals surface area (Å²) in [5.74, 6) is 0. The van der Waals surface area contributed by atoms with Gasteiger partial charge in [0.1, 0.15) is 79.4 Å². The van der Waals surface area contributed by atoms with Crippen LogP contribution in [0.5, 0.6) is 0 Å². The first kappa shape index (κ1) is 44.4. The van der Waals surface area contributed by atoms with E-state index in [0.29, 0.717) is 12.8 Å². The molecule has 53 heavy (non-hydrogen) atoms. The fourth-order valence-corrected chi connectivity index (χ4v) is 6.40. The second kappa shape index (κ2) is 19.7. The van der Waals surface area contributed by atoms with Crippen molar-refractivity contribution in [2.45, 2.75) is 170 Å². The zero-order valence-electron chi connectivity index (χ0n) is 30.4. The molecule has 0 aromatic carbocycles. The lowest BCUT2D eigenvalue weighted by atomic mass is 9.97. The zero-order valence-corrected chi connectivity index (χ0v) is 30.4. The predicted octanol–water partition coefficient (Wildman–Crippen LogP) is -3.98. The van der Waals surface area contributed by atoms with Crippen LogP contribution in [0.2, 0.25) is 0 Å². The number of hydrogen-bond acceptors (Lipinski definition) is 19. The normalized spacial score (nSPS) is 47.5. The third-order valence-electron chi connectivity index (χ3n) is 10.0. The van der Waals surface area contributed by atoms with Gasteiger partial charge in [-0.25, -0.2) is 0 Å². The van der Waals surface area contributed by atoms with Crippen LogP contribution in [0.1, 0.15) is 47.5 Å². The number of allylic oxidation sites excluding steroid dienone is 2. The molecule has 4 heterocycles. The van der Waals surface area contributed by atoms with Crippen molar-refractivity contribution >= 4 is 0 Å². The highest BCUT2D eigenvalue weighted by Crippen LogP contribution is 2.31. The molecule has 19 heteroatoms. The molecule has 0 amide bonds. The Morgan fingerprint density at radius 3 is 1.68 bits per heavy atom. The van der Waals surface area contributed by atoms with Gasteiger partial charge in [0.25, 0.3) is 0 Å². The smallest absolute Gasteiger partial charge is 0.187 e. The highest BCUT2D eigenvalue weighted by atomic mass is 16.8. The van der Waals surface area contributed by atoms with Gasteiger partial charge in [-0.2, -0.15) is 0 Å². The first-order chi connectivity index (χ1) is 25.0. The van der Waals surface area contributed by atoms with Crippen molar-refractivity contribution in [1.82, 2.24) is 0 Å². The molecule has 20 atom stereocenters. The number of ether oxygens (including phenoxy) is 8.